The molecule has 0 spiro atoms. The fourth-order valence-corrected chi connectivity index (χ4v) is 2.99. The topological polar surface area (TPSA) is 9.23 Å². The summed E-state index contributed by atoms with van der Waals surface area (Å²) in [6.45, 7) is 0.820. The van der Waals surface area contributed by atoms with Crippen molar-refractivity contribution in [3.05, 3.63) is 30.3 Å². The molecule has 2 heteroatoms. The summed E-state index contributed by atoms with van der Waals surface area (Å²) < 4.78 is 5.95. The van der Waals surface area contributed by atoms with Crippen LogP contribution in [-0.4, -0.2) is 12.4 Å². The van der Waals surface area contributed by atoms with E-state index in [-0.39, 0.29) is 0 Å². The van der Waals surface area contributed by atoms with Crippen molar-refractivity contribution in [3.8, 4) is 5.75 Å². The summed E-state index contributed by atoms with van der Waals surface area (Å²) in [5.41, 5.74) is 0.301. The van der Waals surface area contributed by atoms with Gasteiger partial charge in [-0.25, -0.2) is 0 Å². The molecule has 0 atom stereocenters. The molecule has 0 N–H and O–H groups in total. The molecule has 2 rings (SSSR count). The van der Waals surface area contributed by atoms with Crippen molar-refractivity contribution in [2.45, 2.75) is 38.5 Å². The van der Waals surface area contributed by atoms with Gasteiger partial charge in [-0.3, -0.25) is 0 Å². The highest BCUT2D eigenvalue weighted by Gasteiger charge is 2.30. The van der Waals surface area contributed by atoms with Gasteiger partial charge in [0.2, 0.25) is 0 Å². The van der Waals surface area contributed by atoms with Crippen LogP contribution in [0.4, 0.5) is 0 Å². The first-order chi connectivity index (χ1) is 8.35. The summed E-state index contributed by atoms with van der Waals surface area (Å²) in [4.78, 5) is 0. The van der Waals surface area contributed by atoms with Gasteiger partial charge >= 0.3 is 0 Å². The van der Waals surface area contributed by atoms with E-state index in [0.717, 1.165) is 18.1 Å². The largest absolute Gasteiger partial charge is 0.493 e. The Morgan fingerprint density at radius 1 is 1.00 bits per heavy atom. The highest BCUT2D eigenvalue weighted by Crippen LogP contribution is 2.36. The Morgan fingerprint density at radius 2 is 1.65 bits per heavy atom. The third kappa shape index (κ3) is 3.67. The number of hydrogen-bond donors (Lipinski definition) is 1. The van der Waals surface area contributed by atoms with Crippen LogP contribution in [0.5, 0.6) is 5.75 Å². The third-order valence-electron chi connectivity index (χ3n) is 3.79. The van der Waals surface area contributed by atoms with Gasteiger partial charge in [-0.1, -0.05) is 43.9 Å². The molecule has 1 aromatic rings. The Morgan fingerprint density at radius 3 is 2.24 bits per heavy atom. The zero-order chi connectivity index (χ0) is 12.0. The van der Waals surface area contributed by atoms with E-state index < -0.39 is 0 Å². The summed E-state index contributed by atoms with van der Waals surface area (Å²) in [6, 6.07) is 10.1. The van der Waals surface area contributed by atoms with Crippen molar-refractivity contribution in [1.82, 2.24) is 0 Å². The molecule has 1 aliphatic rings. The molecule has 0 unspecified atom stereocenters. The molecule has 17 heavy (non-hydrogen) atoms. The number of para-hydroxylation sites is 1. The summed E-state index contributed by atoms with van der Waals surface area (Å²) in [7, 11) is 0. The quantitative estimate of drug-likeness (QED) is 0.618. The van der Waals surface area contributed by atoms with Crippen LogP contribution in [0.2, 0.25) is 0 Å². The molecule has 1 aromatic carbocycles. The van der Waals surface area contributed by atoms with Crippen LogP contribution in [0.3, 0.4) is 0 Å². The van der Waals surface area contributed by atoms with Crippen molar-refractivity contribution in [3.63, 3.8) is 0 Å². The third-order valence-corrected chi connectivity index (χ3v) is 4.46. The molecule has 1 aliphatic carbocycles. The normalized spacial score (nSPS) is 19.6. The van der Waals surface area contributed by atoms with Gasteiger partial charge in [0.25, 0.3) is 0 Å². The molecule has 0 heterocycles. The Kier molecular flexibility index (Phi) is 4.78. The minimum absolute atomic E-state index is 0.301. The first kappa shape index (κ1) is 12.8. The highest BCUT2D eigenvalue weighted by molar-refractivity contribution is 7.80. The van der Waals surface area contributed by atoms with E-state index in [1.165, 1.54) is 38.5 Å². The predicted molar refractivity (Wildman–Crippen MR) is 75.9 cm³/mol. The van der Waals surface area contributed by atoms with Gasteiger partial charge < -0.3 is 4.74 Å². The van der Waals surface area contributed by atoms with Crippen LogP contribution >= 0.6 is 12.6 Å². The molecular weight excluding hydrogens is 228 g/mol. The average molecular weight is 250 g/mol. The van der Waals surface area contributed by atoms with Gasteiger partial charge in [0, 0.05) is 5.41 Å². The molecule has 0 amide bonds. The first-order valence-electron chi connectivity index (χ1n) is 6.63. The number of benzene rings is 1. The smallest absolute Gasteiger partial charge is 0.119 e. The maximum absolute atomic E-state index is 5.95. The van der Waals surface area contributed by atoms with Crippen molar-refractivity contribution in [1.29, 1.82) is 0 Å². The van der Waals surface area contributed by atoms with E-state index in [0.29, 0.717) is 5.41 Å². The Labute approximate surface area is 110 Å². The maximum Gasteiger partial charge on any atom is 0.119 e. The van der Waals surface area contributed by atoms with E-state index in [9.17, 15) is 0 Å². The predicted octanol–water partition coefficient (Wildman–Crippen LogP) is 4.34. The van der Waals surface area contributed by atoms with Gasteiger partial charge in [0.1, 0.15) is 5.75 Å². The standard InChI is InChI=1S/C15H22OS/c17-13-15(10-6-1-2-7-11-15)12-16-14-8-4-3-5-9-14/h3-5,8-9,17H,1-2,6-7,10-13H2. The molecule has 0 aromatic heterocycles. The summed E-state index contributed by atoms with van der Waals surface area (Å²) in [6.07, 6.45) is 7.95. The molecule has 0 aliphatic heterocycles. The lowest BCUT2D eigenvalue weighted by atomic mass is 9.83. The fourth-order valence-electron chi connectivity index (χ4n) is 2.58. The zero-order valence-corrected chi connectivity index (χ0v) is 11.3. The lowest BCUT2D eigenvalue weighted by molar-refractivity contribution is 0.148. The van der Waals surface area contributed by atoms with Gasteiger partial charge in [-0.05, 0) is 30.7 Å². The van der Waals surface area contributed by atoms with Gasteiger partial charge in [-0.2, -0.15) is 12.6 Å². The number of thiol groups is 1. The lowest BCUT2D eigenvalue weighted by Gasteiger charge is -2.30. The second kappa shape index (κ2) is 6.34. The monoisotopic (exact) mass is 250 g/mol. The fraction of sp³-hybridized carbons (Fsp3) is 0.600. The molecular formula is C15H22OS. The minimum Gasteiger partial charge on any atom is -0.493 e. The summed E-state index contributed by atoms with van der Waals surface area (Å²) in [5, 5.41) is 0. The van der Waals surface area contributed by atoms with Crippen LogP contribution in [0.25, 0.3) is 0 Å². The molecule has 0 saturated heterocycles. The Balaban J connectivity index is 1.94. The number of ether oxygens (including phenoxy) is 1. The second-order valence-electron chi connectivity index (χ2n) is 5.17. The van der Waals surface area contributed by atoms with Crippen molar-refractivity contribution in [2.75, 3.05) is 12.4 Å². The lowest BCUT2D eigenvalue weighted by Crippen LogP contribution is -2.30. The molecule has 0 radical (unpaired) electrons. The molecule has 0 bridgehead atoms. The van der Waals surface area contributed by atoms with Gasteiger partial charge in [-0.15, -0.1) is 0 Å². The van der Waals surface area contributed by atoms with Gasteiger partial charge in [0.15, 0.2) is 0 Å². The first-order valence-corrected chi connectivity index (χ1v) is 7.27. The molecule has 1 fully saturated rings. The average Bonchev–Trinajstić information content (AvgIpc) is 2.64. The SMILES string of the molecule is SCC1(COc2ccccc2)CCCCCC1. The van der Waals surface area contributed by atoms with Crippen LogP contribution in [-0.2, 0) is 0 Å². The highest BCUT2D eigenvalue weighted by atomic mass is 32.1. The Bertz CT molecular complexity index is 315. The molecule has 1 nitrogen and oxygen atoms in total. The van der Waals surface area contributed by atoms with E-state index in [4.69, 9.17) is 4.74 Å². The van der Waals surface area contributed by atoms with E-state index >= 15 is 0 Å². The van der Waals surface area contributed by atoms with Crippen LogP contribution in [0.15, 0.2) is 30.3 Å². The van der Waals surface area contributed by atoms with Crippen LogP contribution in [0, 0.1) is 5.41 Å². The van der Waals surface area contributed by atoms with Crippen LogP contribution < -0.4 is 4.74 Å². The van der Waals surface area contributed by atoms with E-state index in [1.54, 1.807) is 0 Å². The molecule has 1 saturated carbocycles. The van der Waals surface area contributed by atoms with Crippen molar-refractivity contribution < 1.29 is 4.74 Å². The summed E-state index contributed by atoms with van der Waals surface area (Å²) in [5.74, 6) is 1.93. The molecule has 94 valence electrons. The van der Waals surface area contributed by atoms with E-state index in [1.807, 2.05) is 30.3 Å². The number of rotatable bonds is 4. The van der Waals surface area contributed by atoms with E-state index in [2.05, 4.69) is 12.6 Å². The maximum atomic E-state index is 5.95. The van der Waals surface area contributed by atoms with Crippen LogP contribution in [0.1, 0.15) is 38.5 Å². The zero-order valence-electron chi connectivity index (χ0n) is 10.4. The minimum atomic E-state index is 0.301. The van der Waals surface area contributed by atoms with Crippen molar-refractivity contribution in [2.24, 2.45) is 5.41 Å². The summed E-state index contributed by atoms with van der Waals surface area (Å²) >= 11 is 4.56. The Hall–Kier alpha value is -0.630. The van der Waals surface area contributed by atoms with Crippen molar-refractivity contribution >= 4 is 12.6 Å². The second-order valence-corrected chi connectivity index (χ2v) is 5.49. The van der Waals surface area contributed by atoms with Gasteiger partial charge in [0.05, 0.1) is 6.61 Å². The number of hydrogen-bond acceptors (Lipinski definition) is 2.